The van der Waals surface area contributed by atoms with Gasteiger partial charge in [-0.2, -0.15) is 0 Å². The highest BCUT2D eigenvalue weighted by Crippen LogP contribution is 2.28. The summed E-state index contributed by atoms with van der Waals surface area (Å²) in [5, 5.41) is 0. The molecule has 1 rings (SSSR count). The van der Waals surface area contributed by atoms with Crippen molar-refractivity contribution < 1.29 is 4.79 Å². The molecular formula is C12H24N2O. The minimum absolute atomic E-state index is 0.139. The molecule has 88 valence electrons. The summed E-state index contributed by atoms with van der Waals surface area (Å²) in [6.45, 7) is 5.17. The lowest BCUT2D eigenvalue weighted by Crippen LogP contribution is -2.52. The zero-order chi connectivity index (χ0) is 11.5. The van der Waals surface area contributed by atoms with Gasteiger partial charge < -0.3 is 10.6 Å². The summed E-state index contributed by atoms with van der Waals surface area (Å²) in [4.78, 5) is 13.9. The normalized spacial score (nSPS) is 19.5. The molecule has 1 amide bonds. The van der Waals surface area contributed by atoms with Gasteiger partial charge in [-0.05, 0) is 25.2 Å². The van der Waals surface area contributed by atoms with Crippen LogP contribution in [0.2, 0.25) is 0 Å². The van der Waals surface area contributed by atoms with E-state index in [0.29, 0.717) is 5.92 Å². The number of rotatable bonds is 4. The van der Waals surface area contributed by atoms with Crippen LogP contribution in [0, 0.1) is 5.92 Å². The van der Waals surface area contributed by atoms with E-state index >= 15 is 0 Å². The van der Waals surface area contributed by atoms with Crippen molar-refractivity contribution in [1.82, 2.24) is 4.90 Å². The number of carbonyl (C=O) groups is 1. The highest BCUT2D eigenvalue weighted by Gasteiger charge is 2.38. The maximum Gasteiger partial charge on any atom is 0.242 e. The van der Waals surface area contributed by atoms with Crippen molar-refractivity contribution in [2.75, 3.05) is 13.6 Å². The summed E-state index contributed by atoms with van der Waals surface area (Å²) in [5.41, 5.74) is 5.57. The Bertz CT molecular complexity index is 220. The van der Waals surface area contributed by atoms with Crippen molar-refractivity contribution in [3.05, 3.63) is 0 Å². The SMILES string of the molecule is CC(C)CCN(C)C(=O)C1(N)CCCC1. The zero-order valence-corrected chi connectivity index (χ0v) is 10.3. The molecule has 1 aliphatic carbocycles. The van der Waals surface area contributed by atoms with Crippen LogP contribution in [0.15, 0.2) is 0 Å². The van der Waals surface area contributed by atoms with Gasteiger partial charge in [-0.3, -0.25) is 4.79 Å². The Hall–Kier alpha value is -0.570. The largest absolute Gasteiger partial charge is 0.344 e. The molecule has 0 saturated heterocycles. The molecule has 0 atom stereocenters. The predicted molar refractivity (Wildman–Crippen MR) is 62.5 cm³/mol. The maximum absolute atomic E-state index is 12.1. The molecule has 0 aromatic rings. The van der Waals surface area contributed by atoms with E-state index in [-0.39, 0.29) is 5.91 Å². The van der Waals surface area contributed by atoms with Gasteiger partial charge in [-0.25, -0.2) is 0 Å². The molecule has 1 aliphatic rings. The van der Waals surface area contributed by atoms with E-state index in [0.717, 1.165) is 38.6 Å². The van der Waals surface area contributed by atoms with Crippen molar-refractivity contribution in [3.8, 4) is 0 Å². The van der Waals surface area contributed by atoms with Crippen molar-refractivity contribution in [2.24, 2.45) is 11.7 Å². The van der Waals surface area contributed by atoms with Crippen LogP contribution in [0.1, 0.15) is 46.0 Å². The van der Waals surface area contributed by atoms with E-state index in [1.54, 1.807) is 0 Å². The highest BCUT2D eigenvalue weighted by molar-refractivity contribution is 5.86. The van der Waals surface area contributed by atoms with E-state index in [2.05, 4.69) is 13.8 Å². The first-order valence-corrected chi connectivity index (χ1v) is 6.00. The smallest absolute Gasteiger partial charge is 0.242 e. The summed E-state index contributed by atoms with van der Waals surface area (Å²) in [7, 11) is 1.87. The molecule has 0 aliphatic heterocycles. The Morgan fingerprint density at radius 2 is 1.93 bits per heavy atom. The van der Waals surface area contributed by atoms with Gasteiger partial charge in [0.05, 0.1) is 5.54 Å². The quantitative estimate of drug-likeness (QED) is 0.772. The number of carbonyl (C=O) groups excluding carboxylic acids is 1. The van der Waals surface area contributed by atoms with E-state index < -0.39 is 5.54 Å². The number of likely N-dealkylation sites (N-methyl/N-ethyl adjacent to an activating group) is 1. The molecule has 0 unspecified atom stereocenters. The summed E-state index contributed by atoms with van der Waals surface area (Å²) < 4.78 is 0. The van der Waals surface area contributed by atoms with Gasteiger partial charge in [-0.15, -0.1) is 0 Å². The van der Waals surface area contributed by atoms with Crippen LogP contribution in [0.25, 0.3) is 0 Å². The fourth-order valence-electron chi connectivity index (χ4n) is 2.15. The van der Waals surface area contributed by atoms with Crippen LogP contribution in [0.5, 0.6) is 0 Å². The Morgan fingerprint density at radius 3 is 2.40 bits per heavy atom. The van der Waals surface area contributed by atoms with Crippen LogP contribution < -0.4 is 5.73 Å². The van der Waals surface area contributed by atoms with Gasteiger partial charge in [0.2, 0.25) is 5.91 Å². The fourth-order valence-corrected chi connectivity index (χ4v) is 2.15. The van der Waals surface area contributed by atoms with Gasteiger partial charge in [-0.1, -0.05) is 26.7 Å². The first kappa shape index (κ1) is 12.5. The van der Waals surface area contributed by atoms with Gasteiger partial charge in [0.15, 0.2) is 0 Å². The number of nitrogens with zero attached hydrogens (tertiary/aromatic N) is 1. The minimum atomic E-state index is -0.550. The van der Waals surface area contributed by atoms with Gasteiger partial charge in [0, 0.05) is 13.6 Å². The lowest BCUT2D eigenvalue weighted by Gasteiger charge is -2.29. The van der Waals surface area contributed by atoms with E-state index in [4.69, 9.17) is 5.73 Å². The topological polar surface area (TPSA) is 46.3 Å². The van der Waals surface area contributed by atoms with E-state index in [1.807, 2.05) is 11.9 Å². The second-order valence-electron chi connectivity index (χ2n) is 5.27. The Kier molecular flexibility index (Phi) is 4.14. The van der Waals surface area contributed by atoms with Gasteiger partial charge in [0.1, 0.15) is 0 Å². The summed E-state index contributed by atoms with van der Waals surface area (Å²) >= 11 is 0. The minimum Gasteiger partial charge on any atom is -0.344 e. The van der Waals surface area contributed by atoms with Crippen LogP contribution in [0.3, 0.4) is 0 Å². The average Bonchev–Trinajstić information content (AvgIpc) is 2.61. The molecule has 0 aromatic carbocycles. The van der Waals surface area contributed by atoms with Crippen molar-refractivity contribution in [1.29, 1.82) is 0 Å². The number of hydrogen-bond donors (Lipinski definition) is 1. The third kappa shape index (κ3) is 3.20. The molecule has 15 heavy (non-hydrogen) atoms. The first-order valence-electron chi connectivity index (χ1n) is 6.00. The Labute approximate surface area is 93.0 Å². The third-order valence-corrected chi connectivity index (χ3v) is 3.31. The predicted octanol–water partition coefficient (Wildman–Crippen LogP) is 1.76. The number of hydrogen-bond acceptors (Lipinski definition) is 2. The van der Waals surface area contributed by atoms with Gasteiger partial charge in [0.25, 0.3) is 0 Å². The van der Waals surface area contributed by atoms with E-state index in [9.17, 15) is 4.79 Å². The number of amides is 1. The molecule has 3 heteroatoms. The maximum atomic E-state index is 12.1. The second-order valence-corrected chi connectivity index (χ2v) is 5.27. The molecule has 0 aromatic heterocycles. The summed E-state index contributed by atoms with van der Waals surface area (Å²) in [6, 6.07) is 0. The monoisotopic (exact) mass is 212 g/mol. The average molecular weight is 212 g/mol. The van der Waals surface area contributed by atoms with Gasteiger partial charge >= 0.3 is 0 Å². The molecule has 0 radical (unpaired) electrons. The summed E-state index contributed by atoms with van der Waals surface area (Å²) in [6.07, 6.45) is 4.97. The Balaban J connectivity index is 2.44. The number of nitrogens with two attached hydrogens (primary N) is 1. The molecule has 0 spiro atoms. The zero-order valence-electron chi connectivity index (χ0n) is 10.3. The second kappa shape index (κ2) is 4.97. The van der Waals surface area contributed by atoms with Crippen LogP contribution in [-0.4, -0.2) is 29.9 Å². The first-order chi connectivity index (χ1) is 6.96. The Morgan fingerprint density at radius 1 is 1.40 bits per heavy atom. The molecule has 1 fully saturated rings. The molecule has 3 nitrogen and oxygen atoms in total. The summed E-state index contributed by atoms with van der Waals surface area (Å²) in [5.74, 6) is 0.776. The lowest BCUT2D eigenvalue weighted by atomic mass is 9.97. The van der Waals surface area contributed by atoms with E-state index in [1.165, 1.54) is 0 Å². The molecule has 0 bridgehead atoms. The third-order valence-electron chi connectivity index (χ3n) is 3.31. The van der Waals surface area contributed by atoms with Crippen LogP contribution >= 0.6 is 0 Å². The molecule has 1 saturated carbocycles. The van der Waals surface area contributed by atoms with Crippen molar-refractivity contribution in [2.45, 2.75) is 51.5 Å². The molecule has 2 N–H and O–H groups in total. The molecular weight excluding hydrogens is 188 g/mol. The fraction of sp³-hybridized carbons (Fsp3) is 0.917. The molecule has 0 heterocycles. The van der Waals surface area contributed by atoms with Crippen LogP contribution in [0.4, 0.5) is 0 Å². The highest BCUT2D eigenvalue weighted by atomic mass is 16.2. The lowest BCUT2D eigenvalue weighted by molar-refractivity contribution is -0.135. The standard InChI is InChI=1S/C12H24N2O/c1-10(2)6-9-14(3)11(15)12(13)7-4-5-8-12/h10H,4-9,13H2,1-3H3. The van der Waals surface area contributed by atoms with Crippen molar-refractivity contribution >= 4 is 5.91 Å². The van der Waals surface area contributed by atoms with Crippen LogP contribution in [-0.2, 0) is 4.79 Å². The van der Waals surface area contributed by atoms with Crippen molar-refractivity contribution in [3.63, 3.8) is 0 Å².